The molecule has 18 heterocycles. The summed E-state index contributed by atoms with van der Waals surface area (Å²) in [5.74, 6) is 4.07. The number of nitrogens with two attached hydrogens (primary N) is 4. The number of benzene rings is 2. The first-order chi connectivity index (χ1) is 57.9. The normalized spacial score (nSPS) is 23.6. The van der Waals surface area contributed by atoms with Crippen molar-refractivity contribution in [3.63, 3.8) is 0 Å². The zero-order valence-corrected chi connectivity index (χ0v) is 70.5. The third kappa shape index (κ3) is 14.4. The summed E-state index contributed by atoms with van der Waals surface area (Å²) in [6.45, 7) is 18.3. The molecule has 6 aromatic heterocycles. The van der Waals surface area contributed by atoms with E-state index in [1.807, 2.05) is 67.6 Å². The van der Waals surface area contributed by atoms with Gasteiger partial charge >= 0.3 is 0 Å². The van der Waals surface area contributed by atoms with Crippen LogP contribution in [-0.2, 0) is 73.3 Å². The van der Waals surface area contributed by atoms with Crippen LogP contribution in [0, 0.1) is 28.6 Å². The second-order valence-electron chi connectivity index (χ2n) is 34.2. The number of methoxy groups -OCH3 is 2. The number of pyridine rings is 2. The first-order valence-electron chi connectivity index (χ1n) is 41.7. The smallest absolute Gasteiger partial charge is 0.264 e. The first-order valence-corrected chi connectivity index (χ1v) is 42.1. The maximum absolute atomic E-state index is 13.4. The summed E-state index contributed by atoms with van der Waals surface area (Å²) in [6.07, 6.45) is 12.9. The minimum Gasteiger partial charge on any atom is -0.496 e. The molecule has 32 nitrogen and oxygen atoms in total. The molecular weight excluding hydrogens is 1550 g/mol. The van der Waals surface area contributed by atoms with Gasteiger partial charge in [0.05, 0.1) is 165 Å². The summed E-state index contributed by atoms with van der Waals surface area (Å²) >= 11 is 6.51. The highest BCUT2D eigenvalue weighted by Crippen LogP contribution is 2.46. The summed E-state index contributed by atoms with van der Waals surface area (Å²) in [6, 6.07) is 21.0. The molecule has 8 aromatic rings. The summed E-state index contributed by atoms with van der Waals surface area (Å²) in [7, 11) is 10.3. The first kappa shape index (κ1) is 82.0. The average Bonchev–Trinajstić information content (AvgIpc) is 1.55. The Bertz CT molecular complexity index is 5670. The quantitative estimate of drug-likeness (QED) is 0.142. The molecule has 2 aromatic carbocycles. The highest BCUT2D eigenvalue weighted by molar-refractivity contribution is 6.37. The van der Waals surface area contributed by atoms with Crippen molar-refractivity contribution in [3.05, 3.63) is 205 Å². The molecule has 8 N–H and O–H groups in total. The molecule has 0 bridgehead atoms. The summed E-state index contributed by atoms with van der Waals surface area (Å²) in [5, 5.41) is 0.444. The van der Waals surface area contributed by atoms with Crippen molar-refractivity contribution < 1.29 is 28.4 Å². The van der Waals surface area contributed by atoms with Crippen LogP contribution in [-0.4, -0.2) is 214 Å². The van der Waals surface area contributed by atoms with Crippen molar-refractivity contribution in [2.24, 2.45) is 92.8 Å². The van der Waals surface area contributed by atoms with Crippen LogP contribution < -0.4 is 74.2 Å². The van der Waals surface area contributed by atoms with Gasteiger partial charge in [-0.25, -0.2) is 19.9 Å². The molecule has 8 saturated heterocycles. The molecule has 8 fully saturated rings. The number of anilines is 4. The van der Waals surface area contributed by atoms with Crippen LogP contribution in [0.1, 0.15) is 138 Å². The molecule has 0 radical (unpaired) electrons. The number of fused-ring (bicyclic) bond motifs is 4. The van der Waals surface area contributed by atoms with E-state index < -0.39 is 0 Å². The Hall–Kier alpha value is -10.3. The Kier molecular flexibility index (Phi) is 22.5. The summed E-state index contributed by atoms with van der Waals surface area (Å²) < 4.78 is 40.3. The Morgan fingerprint density at radius 2 is 0.775 bits per heavy atom. The van der Waals surface area contributed by atoms with Crippen LogP contribution in [0.3, 0.4) is 0 Å². The topological polar surface area (TPSA) is 387 Å². The van der Waals surface area contributed by atoms with Gasteiger partial charge in [0.15, 0.2) is 0 Å². The lowest BCUT2D eigenvalue weighted by molar-refractivity contribution is 0.0972. The number of aromatic nitrogens is 10. The van der Waals surface area contributed by atoms with Gasteiger partial charge in [0.1, 0.15) is 11.5 Å². The van der Waals surface area contributed by atoms with E-state index in [0.717, 1.165) is 176 Å². The van der Waals surface area contributed by atoms with Crippen molar-refractivity contribution in [1.82, 2.24) is 48.2 Å². The Morgan fingerprint density at radius 3 is 1.15 bits per heavy atom. The van der Waals surface area contributed by atoms with E-state index in [9.17, 15) is 19.2 Å². The third-order valence-corrected chi connectivity index (χ3v) is 28.1. The largest absolute Gasteiger partial charge is 0.496 e. The number of ether oxygens (including phenoxy) is 6. The molecule has 4 spiro atoms. The Morgan fingerprint density at radius 1 is 0.425 bits per heavy atom. The Labute approximate surface area is 700 Å². The van der Waals surface area contributed by atoms with Crippen molar-refractivity contribution in [2.45, 2.75) is 135 Å². The number of nitrogens with zero attached hydrogens (tertiary/aromatic N) is 18. The minimum atomic E-state index is -0.115. The molecular formula is C87H107ClN22O10. The van der Waals surface area contributed by atoms with Gasteiger partial charge in [-0.2, -0.15) is 0 Å². The molecule has 6 atom stereocenters. The van der Waals surface area contributed by atoms with Crippen LogP contribution in [0.4, 0.5) is 23.8 Å². The van der Waals surface area contributed by atoms with E-state index in [2.05, 4.69) is 63.4 Å². The lowest BCUT2D eigenvalue weighted by Crippen LogP contribution is -2.51. The van der Waals surface area contributed by atoms with Gasteiger partial charge in [0, 0.05) is 173 Å². The third-order valence-electron chi connectivity index (χ3n) is 27.7. The Balaban J connectivity index is 0.000000114. The summed E-state index contributed by atoms with van der Waals surface area (Å²) in [4.78, 5) is 108. The number of aliphatic imine (C=N–C) groups is 4. The SMILES string of the molecule is COc1cccc(C2=NCc3nc(N4CCC5(CC4)COC[C@H]5N)n(C)c(=O)c32)c1Cl.COc1ccccc1C1=NCc2nc(N3CCC4(CC3)CO[C@@H](C)[C@H]4N)n(C)c(=O)c21.Cc1ncccc1C1=NCc2nc(N3CCC4(CC3)CO[C@@H](C)[C@H]4N)n(C)c(=O)c21.Cn1c(N2CCC3(CC2)COC[C@H]3N)nc2c(c1=O)C(c1ccncc1)=NC2. The van der Waals surface area contributed by atoms with Crippen molar-refractivity contribution in [2.75, 3.05) is 126 Å². The number of para-hydroxylation sites is 1. The lowest BCUT2D eigenvalue weighted by Gasteiger charge is -2.41. The van der Waals surface area contributed by atoms with Crippen LogP contribution in [0.25, 0.3) is 0 Å². The second-order valence-corrected chi connectivity index (χ2v) is 34.5. The fraction of sp³-hybridized carbons (Fsp3) is 0.517. The van der Waals surface area contributed by atoms with Crippen LogP contribution in [0.2, 0.25) is 5.02 Å². The lowest BCUT2D eigenvalue weighted by atomic mass is 9.73. The molecule has 0 saturated carbocycles. The van der Waals surface area contributed by atoms with Gasteiger partial charge < -0.3 is 71.0 Å². The zero-order valence-electron chi connectivity index (χ0n) is 69.8. The van der Waals surface area contributed by atoms with Crippen LogP contribution in [0.15, 0.2) is 124 Å². The average molecular weight is 1660 g/mol. The fourth-order valence-electron chi connectivity index (χ4n) is 19.8. The molecule has 12 aliphatic rings. The van der Waals surface area contributed by atoms with E-state index >= 15 is 0 Å². The highest BCUT2D eigenvalue weighted by Gasteiger charge is 2.51. The van der Waals surface area contributed by atoms with Gasteiger partial charge in [0.25, 0.3) is 22.2 Å². The van der Waals surface area contributed by atoms with E-state index in [4.69, 9.17) is 82.9 Å². The predicted molar refractivity (Wildman–Crippen MR) is 459 cm³/mol. The minimum absolute atomic E-state index is 0.0334. The van der Waals surface area contributed by atoms with E-state index in [-0.39, 0.29) is 80.3 Å². The number of piperidine rings is 4. The number of halogens is 1. The zero-order chi connectivity index (χ0) is 83.8. The maximum Gasteiger partial charge on any atom is 0.264 e. The van der Waals surface area contributed by atoms with Gasteiger partial charge in [-0.3, -0.25) is 67.4 Å². The molecule has 20 rings (SSSR count). The van der Waals surface area contributed by atoms with Gasteiger partial charge in [-0.1, -0.05) is 35.9 Å². The molecule has 12 aliphatic heterocycles. The number of rotatable bonds is 10. The van der Waals surface area contributed by atoms with Crippen molar-refractivity contribution >= 4 is 58.2 Å². The van der Waals surface area contributed by atoms with E-state index in [0.29, 0.717) is 130 Å². The van der Waals surface area contributed by atoms with Crippen LogP contribution in [0.5, 0.6) is 11.5 Å². The van der Waals surface area contributed by atoms with E-state index in [1.165, 1.54) is 0 Å². The molecule has 0 aliphatic carbocycles. The summed E-state index contributed by atoms with van der Waals surface area (Å²) in [5.41, 5.74) is 37.4. The maximum atomic E-state index is 13.4. The number of hydrogen-bond donors (Lipinski definition) is 4. The number of hydrogen-bond acceptors (Lipinski definition) is 28. The number of aryl methyl sites for hydroxylation is 1. The van der Waals surface area contributed by atoms with Gasteiger partial charge in [-0.05, 0) is 115 Å². The molecule has 0 unspecified atom stereocenters. The predicted octanol–water partition coefficient (Wildman–Crippen LogP) is 4.85. The van der Waals surface area contributed by atoms with Gasteiger partial charge in [-0.15, -0.1) is 0 Å². The second kappa shape index (κ2) is 32.9. The van der Waals surface area contributed by atoms with Gasteiger partial charge in [0.2, 0.25) is 23.8 Å². The molecule has 0 amide bonds. The van der Waals surface area contributed by atoms with Crippen molar-refractivity contribution in [1.29, 1.82) is 0 Å². The van der Waals surface area contributed by atoms with E-state index in [1.54, 1.807) is 85.3 Å². The monoisotopic (exact) mass is 1650 g/mol. The molecule has 33 heteroatoms. The highest BCUT2D eigenvalue weighted by atomic mass is 35.5. The van der Waals surface area contributed by atoms with Crippen LogP contribution >= 0.6 is 11.6 Å². The van der Waals surface area contributed by atoms with Crippen molar-refractivity contribution in [3.8, 4) is 11.5 Å². The molecule has 632 valence electrons. The standard InChI is InChI=1S/C23H29N5O3.C22H26ClN5O3.C22H28N6O2.C20H24N6O2/c1-14-20(24)23(13-31-14)8-10-28(11-9-23)22-26-16-12-25-19(18(16)21(29)27(22)2)15-6-4-5-7-17(15)30-3;1-27-20(29)17-14(10-25-19(17)13-4-3-5-15(30-2)18(13)23)26-21(27)28-8-6-22(7-9-28)12-31-11-16(22)24;1-13-15(5-4-8-24-13)18-17-16(11-25-18)26-21(27(3)20(17)29)28-9-6-22(7-10-28)12-30-14(2)19(22)23;1-25-18(27)16-14(10-23-17(16)13-2-6-22-7-3-13)24-19(25)26-8-4-20(5-9-26)12-28-11-15(20)21/h4-7,14,20H,8-13,24H2,1-3H3;3-5,16H,6-12,24H2,1-2H3;4-5,8,14,19H,6-7,9-12,23H2,1-3H3;2-3,6-7,15H,4-5,8-12,21H2,1H3/t14-,20+;16-;14-,19+;15-/m0101/s1. The fourth-order valence-corrected chi connectivity index (χ4v) is 20.1. The molecule has 120 heavy (non-hydrogen) atoms.